The number of anilines is 3. The summed E-state index contributed by atoms with van der Waals surface area (Å²) < 4.78 is 22.3. The molecule has 0 spiro atoms. The fourth-order valence-electron chi connectivity index (χ4n) is 1.24. The molecular formula is C8H7Cl2N5O2S. The van der Waals surface area contributed by atoms with E-state index in [1.54, 1.807) is 0 Å². The average Bonchev–Trinajstić information content (AvgIpc) is 2.62. The summed E-state index contributed by atoms with van der Waals surface area (Å²) in [6.07, 6.45) is 0. The van der Waals surface area contributed by atoms with Gasteiger partial charge in [-0.15, -0.1) is 5.10 Å². The maximum absolute atomic E-state index is 11.1. The van der Waals surface area contributed by atoms with Gasteiger partial charge in [-0.3, -0.25) is 0 Å². The average molecular weight is 308 g/mol. The zero-order chi connectivity index (χ0) is 13.3. The number of aromatic nitrogens is 3. The molecule has 7 nitrogen and oxygen atoms in total. The van der Waals surface area contributed by atoms with Crippen molar-refractivity contribution >= 4 is 48.9 Å². The van der Waals surface area contributed by atoms with Crippen molar-refractivity contribution in [3.8, 4) is 0 Å². The SMILES string of the molecule is Nc1nc(Nc2ccc(S(=O)(=O)Cl)c(Cl)c2)n[nH]1. The van der Waals surface area contributed by atoms with Crippen LogP contribution >= 0.6 is 22.3 Å². The fraction of sp³-hybridized carbons (Fsp3) is 0. The molecule has 0 saturated carbocycles. The summed E-state index contributed by atoms with van der Waals surface area (Å²) in [6.45, 7) is 0. The van der Waals surface area contributed by atoms with Gasteiger partial charge in [0, 0.05) is 16.4 Å². The molecule has 2 aromatic rings. The highest BCUT2D eigenvalue weighted by Gasteiger charge is 2.15. The Morgan fingerprint density at radius 2 is 2.11 bits per heavy atom. The zero-order valence-electron chi connectivity index (χ0n) is 8.68. The minimum atomic E-state index is -3.86. The molecule has 0 amide bonds. The van der Waals surface area contributed by atoms with Crippen LogP contribution in [0.15, 0.2) is 23.1 Å². The van der Waals surface area contributed by atoms with E-state index in [-0.39, 0.29) is 21.8 Å². The number of hydrogen-bond acceptors (Lipinski definition) is 6. The molecule has 10 heteroatoms. The number of H-pyrrole nitrogens is 1. The van der Waals surface area contributed by atoms with Gasteiger partial charge in [0.15, 0.2) is 0 Å². The monoisotopic (exact) mass is 307 g/mol. The predicted octanol–water partition coefficient (Wildman–Crippen LogP) is 1.71. The third-order valence-electron chi connectivity index (χ3n) is 1.95. The molecule has 18 heavy (non-hydrogen) atoms. The molecule has 0 fully saturated rings. The summed E-state index contributed by atoms with van der Waals surface area (Å²) in [5.41, 5.74) is 5.85. The van der Waals surface area contributed by atoms with E-state index in [0.717, 1.165) is 0 Å². The lowest BCUT2D eigenvalue weighted by Crippen LogP contribution is -1.96. The van der Waals surface area contributed by atoms with Gasteiger partial charge >= 0.3 is 0 Å². The van der Waals surface area contributed by atoms with Gasteiger partial charge < -0.3 is 11.1 Å². The fourth-order valence-corrected chi connectivity index (χ4v) is 2.77. The van der Waals surface area contributed by atoms with Gasteiger partial charge in [0.2, 0.25) is 11.9 Å². The Morgan fingerprint density at radius 3 is 2.61 bits per heavy atom. The van der Waals surface area contributed by atoms with Crippen LogP contribution in [-0.4, -0.2) is 23.6 Å². The first kappa shape index (κ1) is 12.9. The van der Waals surface area contributed by atoms with Crippen LogP contribution in [0.1, 0.15) is 0 Å². The molecular weight excluding hydrogens is 301 g/mol. The first-order chi connectivity index (χ1) is 8.36. The van der Waals surface area contributed by atoms with Crippen molar-refractivity contribution in [3.63, 3.8) is 0 Å². The van der Waals surface area contributed by atoms with Gasteiger partial charge in [-0.05, 0) is 18.2 Å². The van der Waals surface area contributed by atoms with Crippen molar-refractivity contribution in [3.05, 3.63) is 23.2 Å². The Morgan fingerprint density at radius 1 is 1.39 bits per heavy atom. The lowest BCUT2D eigenvalue weighted by atomic mass is 10.3. The van der Waals surface area contributed by atoms with Gasteiger partial charge in [-0.2, -0.15) is 4.98 Å². The zero-order valence-corrected chi connectivity index (χ0v) is 11.0. The maximum atomic E-state index is 11.1. The van der Waals surface area contributed by atoms with Gasteiger partial charge in [0.25, 0.3) is 9.05 Å². The molecule has 1 heterocycles. The first-order valence-corrected chi connectivity index (χ1v) is 7.24. The highest BCUT2D eigenvalue weighted by molar-refractivity contribution is 8.13. The highest BCUT2D eigenvalue weighted by Crippen LogP contribution is 2.28. The number of rotatable bonds is 3. The second-order valence-electron chi connectivity index (χ2n) is 3.25. The molecule has 0 unspecified atom stereocenters. The van der Waals surface area contributed by atoms with E-state index in [2.05, 4.69) is 20.5 Å². The number of hydrogen-bond donors (Lipinski definition) is 3. The third-order valence-corrected chi connectivity index (χ3v) is 3.76. The molecule has 0 radical (unpaired) electrons. The number of nitrogens with zero attached hydrogens (tertiary/aromatic N) is 2. The molecule has 0 saturated heterocycles. The van der Waals surface area contributed by atoms with Crippen molar-refractivity contribution in [1.82, 2.24) is 15.2 Å². The second-order valence-corrected chi connectivity index (χ2v) is 6.19. The summed E-state index contributed by atoms with van der Waals surface area (Å²) >= 11 is 5.81. The minimum absolute atomic E-state index is 0.00138. The Balaban J connectivity index is 2.30. The van der Waals surface area contributed by atoms with Gasteiger partial charge in [-0.1, -0.05) is 11.6 Å². The second kappa shape index (κ2) is 4.63. The lowest BCUT2D eigenvalue weighted by Gasteiger charge is -2.04. The predicted molar refractivity (Wildman–Crippen MR) is 68.6 cm³/mol. The van der Waals surface area contributed by atoms with Gasteiger partial charge in [0.1, 0.15) is 4.90 Å². The molecule has 1 aromatic carbocycles. The van der Waals surface area contributed by atoms with E-state index in [4.69, 9.17) is 28.0 Å². The number of aromatic amines is 1. The molecule has 0 bridgehead atoms. The van der Waals surface area contributed by atoms with Crippen LogP contribution in [-0.2, 0) is 9.05 Å². The van der Waals surface area contributed by atoms with Crippen LogP contribution in [0.5, 0.6) is 0 Å². The molecule has 2 rings (SSSR count). The van der Waals surface area contributed by atoms with E-state index < -0.39 is 9.05 Å². The maximum Gasteiger partial charge on any atom is 0.262 e. The summed E-state index contributed by atoms with van der Waals surface area (Å²) in [6, 6.07) is 4.15. The highest BCUT2D eigenvalue weighted by atomic mass is 35.7. The normalized spacial score (nSPS) is 11.4. The molecule has 0 atom stereocenters. The molecule has 0 aliphatic heterocycles. The molecule has 0 aliphatic rings. The van der Waals surface area contributed by atoms with Gasteiger partial charge in [-0.25, -0.2) is 13.5 Å². The third kappa shape index (κ3) is 2.84. The summed E-state index contributed by atoms with van der Waals surface area (Å²) in [5.74, 6) is 0.397. The van der Waals surface area contributed by atoms with Crippen molar-refractivity contribution in [2.24, 2.45) is 0 Å². The lowest BCUT2D eigenvalue weighted by molar-refractivity contribution is 0.609. The first-order valence-electron chi connectivity index (χ1n) is 4.55. The summed E-state index contributed by atoms with van der Waals surface area (Å²) in [5, 5.41) is 8.98. The van der Waals surface area contributed by atoms with Crippen LogP contribution in [0.4, 0.5) is 17.6 Å². The van der Waals surface area contributed by atoms with Crippen LogP contribution in [0.2, 0.25) is 5.02 Å². The molecule has 0 aliphatic carbocycles. The van der Waals surface area contributed by atoms with Crippen molar-refractivity contribution in [2.45, 2.75) is 4.90 Å². The van der Waals surface area contributed by atoms with Crippen LogP contribution in [0, 0.1) is 0 Å². The van der Waals surface area contributed by atoms with Crippen molar-refractivity contribution in [2.75, 3.05) is 11.1 Å². The Kier molecular flexibility index (Phi) is 3.33. The number of benzene rings is 1. The molecule has 4 N–H and O–H groups in total. The number of nitrogen functional groups attached to an aromatic ring is 1. The largest absolute Gasteiger partial charge is 0.368 e. The summed E-state index contributed by atoms with van der Waals surface area (Å²) in [4.78, 5) is 3.66. The van der Waals surface area contributed by atoms with E-state index in [1.807, 2.05) is 0 Å². The molecule has 96 valence electrons. The van der Waals surface area contributed by atoms with Gasteiger partial charge in [0.05, 0.1) is 5.02 Å². The van der Waals surface area contributed by atoms with E-state index in [9.17, 15) is 8.42 Å². The standard InChI is InChI=1S/C8H7Cl2N5O2S/c9-5-3-4(1-2-6(5)18(10,16)17)12-8-13-7(11)14-15-8/h1-3H,(H4,11,12,13,14,15). The smallest absolute Gasteiger partial charge is 0.262 e. The quantitative estimate of drug-likeness (QED) is 0.744. The van der Waals surface area contributed by atoms with Crippen LogP contribution in [0.3, 0.4) is 0 Å². The Bertz CT molecular complexity index is 685. The topological polar surface area (TPSA) is 114 Å². The Hall–Kier alpha value is -1.51. The van der Waals surface area contributed by atoms with E-state index in [1.165, 1.54) is 18.2 Å². The minimum Gasteiger partial charge on any atom is -0.368 e. The van der Waals surface area contributed by atoms with E-state index in [0.29, 0.717) is 5.69 Å². The number of nitrogens with two attached hydrogens (primary N) is 1. The van der Waals surface area contributed by atoms with Crippen LogP contribution in [0.25, 0.3) is 0 Å². The molecule has 1 aromatic heterocycles. The Labute approximate surface area is 112 Å². The number of nitrogens with one attached hydrogen (secondary N) is 2. The van der Waals surface area contributed by atoms with Crippen molar-refractivity contribution in [1.29, 1.82) is 0 Å². The number of halogens is 2. The van der Waals surface area contributed by atoms with Crippen LogP contribution < -0.4 is 11.1 Å². The van der Waals surface area contributed by atoms with Crippen molar-refractivity contribution < 1.29 is 8.42 Å². The van der Waals surface area contributed by atoms with E-state index >= 15 is 0 Å². The summed E-state index contributed by atoms with van der Waals surface area (Å²) in [7, 11) is 1.34.